The van der Waals surface area contributed by atoms with Gasteiger partial charge in [-0.2, -0.15) is 0 Å². The average molecular weight is 386 g/mol. The van der Waals surface area contributed by atoms with E-state index in [2.05, 4.69) is 0 Å². The molecule has 0 bridgehead atoms. The first kappa shape index (κ1) is 14.3. The van der Waals surface area contributed by atoms with Gasteiger partial charge in [-0.05, 0) is 0 Å². The summed E-state index contributed by atoms with van der Waals surface area (Å²) in [5.41, 5.74) is 1.06. The minimum atomic E-state index is -3.30. The fourth-order valence-electron chi connectivity index (χ4n) is 1.49. The molecule has 19 heavy (non-hydrogen) atoms. The standard InChI is InChI=1S/C15H14O2STe/c1-13-7-9-14(10-8-13)18(16,17)11-12-19-15-5-3-2-4-6-15/h2-12H,1H3/b12-11+. The molecule has 4 heteroatoms. The number of benzene rings is 2. The average Bonchev–Trinajstić information content (AvgIpc) is 2.40. The summed E-state index contributed by atoms with van der Waals surface area (Å²) in [6, 6.07) is 16.9. The molecular formula is C15H14O2STe. The third kappa shape index (κ3) is 4.21. The Morgan fingerprint density at radius 2 is 1.58 bits per heavy atom. The Hall–Kier alpha value is -1.08. The Morgan fingerprint density at radius 1 is 0.947 bits per heavy atom. The van der Waals surface area contributed by atoms with Crippen LogP contribution in [0.1, 0.15) is 5.56 Å². The summed E-state index contributed by atoms with van der Waals surface area (Å²) in [5, 5.41) is 1.34. The monoisotopic (exact) mass is 388 g/mol. The second-order valence-electron chi connectivity index (χ2n) is 4.06. The summed E-state index contributed by atoms with van der Waals surface area (Å²) in [6.45, 7) is 1.94. The van der Waals surface area contributed by atoms with E-state index in [0.717, 1.165) is 5.56 Å². The van der Waals surface area contributed by atoms with Crippen molar-refractivity contribution in [3.05, 3.63) is 69.7 Å². The molecule has 98 valence electrons. The molecule has 0 amide bonds. The molecule has 0 unspecified atom stereocenters. The number of aryl methyl sites for hydroxylation is 1. The molecule has 0 aliphatic rings. The van der Waals surface area contributed by atoms with Crippen LogP contribution in [0.5, 0.6) is 0 Å². The number of hydrogen-bond acceptors (Lipinski definition) is 2. The third-order valence-electron chi connectivity index (χ3n) is 2.53. The van der Waals surface area contributed by atoms with Gasteiger partial charge in [0.05, 0.1) is 0 Å². The van der Waals surface area contributed by atoms with E-state index in [-0.39, 0.29) is 0 Å². The van der Waals surface area contributed by atoms with E-state index >= 15 is 0 Å². The molecule has 0 radical (unpaired) electrons. The third-order valence-corrected chi connectivity index (χ3v) is 6.82. The molecule has 2 rings (SSSR count). The van der Waals surface area contributed by atoms with Crippen LogP contribution >= 0.6 is 0 Å². The first-order valence-corrected chi connectivity index (χ1v) is 9.84. The van der Waals surface area contributed by atoms with Crippen LogP contribution < -0.4 is 3.61 Å². The van der Waals surface area contributed by atoms with Crippen LogP contribution in [0.2, 0.25) is 0 Å². The van der Waals surface area contributed by atoms with Crippen molar-refractivity contribution in [2.75, 3.05) is 0 Å². The summed E-state index contributed by atoms with van der Waals surface area (Å²) in [5.74, 6) is 0. The molecule has 2 aromatic carbocycles. The first-order valence-electron chi connectivity index (χ1n) is 5.78. The summed E-state index contributed by atoms with van der Waals surface area (Å²) >= 11 is -0.582. The SMILES string of the molecule is Cc1ccc(S(=O)(=O)/C=C/[Te]c2ccccc2)cc1. The zero-order valence-corrected chi connectivity index (χ0v) is 13.6. The van der Waals surface area contributed by atoms with Gasteiger partial charge in [-0.1, -0.05) is 0 Å². The van der Waals surface area contributed by atoms with Gasteiger partial charge in [0.1, 0.15) is 0 Å². The Kier molecular flexibility index (Phi) is 4.81. The minimum absolute atomic E-state index is 0.356. The van der Waals surface area contributed by atoms with Crippen LogP contribution in [-0.2, 0) is 9.84 Å². The van der Waals surface area contributed by atoms with Gasteiger partial charge in [0, 0.05) is 0 Å². The number of hydrogen-bond donors (Lipinski definition) is 0. The fourth-order valence-corrected chi connectivity index (χ4v) is 5.43. The van der Waals surface area contributed by atoms with Crippen LogP contribution in [0.25, 0.3) is 0 Å². The number of sulfone groups is 1. The molecule has 0 spiro atoms. The van der Waals surface area contributed by atoms with Gasteiger partial charge in [0.15, 0.2) is 0 Å². The van der Waals surface area contributed by atoms with Gasteiger partial charge in [0.2, 0.25) is 0 Å². The first-order chi connectivity index (χ1) is 9.08. The van der Waals surface area contributed by atoms with Crippen LogP contribution in [0.15, 0.2) is 69.0 Å². The zero-order valence-electron chi connectivity index (χ0n) is 10.5. The number of rotatable bonds is 4. The van der Waals surface area contributed by atoms with Crippen molar-refractivity contribution in [3.8, 4) is 0 Å². The normalized spacial score (nSPS) is 11.8. The van der Waals surface area contributed by atoms with Crippen LogP contribution in [-0.4, -0.2) is 29.3 Å². The van der Waals surface area contributed by atoms with E-state index in [1.54, 1.807) is 12.1 Å². The maximum absolute atomic E-state index is 12.1. The molecule has 0 aromatic heterocycles. The van der Waals surface area contributed by atoms with Gasteiger partial charge < -0.3 is 0 Å². The molecule has 0 fully saturated rings. The summed E-state index contributed by atoms with van der Waals surface area (Å²) in [4.78, 5) is 0.356. The van der Waals surface area contributed by atoms with Gasteiger partial charge in [-0.3, -0.25) is 0 Å². The van der Waals surface area contributed by atoms with Crippen molar-refractivity contribution in [2.24, 2.45) is 0 Å². The molecule has 0 N–H and O–H groups in total. The van der Waals surface area contributed by atoms with Gasteiger partial charge >= 0.3 is 124 Å². The van der Waals surface area contributed by atoms with E-state index in [0.29, 0.717) is 4.90 Å². The van der Waals surface area contributed by atoms with Crippen molar-refractivity contribution in [2.45, 2.75) is 11.8 Å². The van der Waals surface area contributed by atoms with Crippen molar-refractivity contribution in [1.29, 1.82) is 0 Å². The molecular weight excluding hydrogens is 372 g/mol. The summed E-state index contributed by atoms with van der Waals surface area (Å²) < 4.78 is 27.2. The molecule has 0 saturated heterocycles. The molecule has 0 aliphatic heterocycles. The van der Waals surface area contributed by atoms with E-state index in [1.807, 2.05) is 53.5 Å². The second-order valence-corrected chi connectivity index (χ2v) is 8.69. The molecule has 2 aromatic rings. The molecule has 0 aliphatic carbocycles. The van der Waals surface area contributed by atoms with Crippen LogP contribution in [0.3, 0.4) is 0 Å². The molecule has 0 heterocycles. The predicted octanol–water partition coefficient (Wildman–Crippen LogP) is 2.27. The molecule has 0 atom stereocenters. The van der Waals surface area contributed by atoms with E-state index in [1.165, 1.54) is 9.02 Å². The van der Waals surface area contributed by atoms with E-state index < -0.39 is 30.8 Å². The van der Waals surface area contributed by atoms with Gasteiger partial charge in [0.25, 0.3) is 0 Å². The maximum atomic E-state index is 12.1. The van der Waals surface area contributed by atoms with Crippen molar-refractivity contribution < 1.29 is 8.42 Å². The van der Waals surface area contributed by atoms with Gasteiger partial charge in [-0.25, -0.2) is 0 Å². The topological polar surface area (TPSA) is 34.1 Å². The van der Waals surface area contributed by atoms with Crippen molar-refractivity contribution >= 4 is 34.4 Å². The van der Waals surface area contributed by atoms with Crippen LogP contribution in [0.4, 0.5) is 0 Å². The van der Waals surface area contributed by atoms with Crippen molar-refractivity contribution in [3.63, 3.8) is 0 Å². The molecule has 2 nitrogen and oxygen atoms in total. The quantitative estimate of drug-likeness (QED) is 0.756. The fraction of sp³-hybridized carbons (Fsp3) is 0.0667. The summed E-state index contributed by atoms with van der Waals surface area (Å²) in [6.07, 6.45) is 0. The Balaban J connectivity index is 2.11. The Labute approximate surface area is 124 Å². The Bertz CT molecular complexity index is 659. The van der Waals surface area contributed by atoms with E-state index in [9.17, 15) is 8.42 Å². The Morgan fingerprint density at radius 3 is 2.21 bits per heavy atom. The second kappa shape index (κ2) is 6.38. The van der Waals surface area contributed by atoms with Gasteiger partial charge in [-0.15, -0.1) is 0 Å². The van der Waals surface area contributed by atoms with Crippen molar-refractivity contribution in [1.82, 2.24) is 0 Å². The summed E-state index contributed by atoms with van der Waals surface area (Å²) in [7, 11) is -3.30. The predicted molar refractivity (Wildman–Crippen MR) is 79.3 cm³/mol. The molecule has 0 saturated carbocycles. The van der Waals surface area contributed by atoms with Crippen LogP contribution in [0, 0.1) is 6.92 Å². The van der Waals surface area contributed by atoms with E-state index in [4.69, 9.17) is 0 Å². The zero-order chi connectivity index (χ0) is 13.7.